The van der Waals surface area contributed by atoms with Crippen molar-refractivity contribution in [3.05, 3.63) is 29.3 Å². The van der Waals surface area contributed by atoms with Crippen LogP contribution in [0.1, 0.15) is 81.8 Å². The third kappa shape index (κ3) is 4.54. The highest BCUT2D eigenvalue weighted by atomic mass is 14.9. The molecule has 20 heavy (non-hydrogen) atoms. The summed E-state index contributed by atoms with van der Waals surface area (Å²) < 4.78 is 0. The molecule has 0 spiro atoms. The molecular formula is C19H31N. The number of nitrogens with one attached hydrogen (secondary N) is 1. The third-order valence-corrected chi connectivity index (χ3v) is 4.59. The standard InChI is InChI=1S/C19H31N/c1-3-4-5-6-7-8-9-10-11-17-15-20-19-13-12-16(2)14-18(17)19/h12-14,17,20H,3-11,15H2,1-2H3. The fourth-order valence-electron chi connectivity index (χ4n) is 3.31. The van der Waals surface area contributed by atoms with Gasteiger partial charge in [-0.1, -0.05) is 76.0 Å². The minimum atomic E-state index is 0.755. The van der Waals surface area contributed by atoms with Crippen molar-refractivity contribution in [1.82, 2.24) is 0 Å². The first-order chi connectivity index (χ1) is 9.81. The van der Waals surface area contributed by atoms with Crippen LogP contribution >= 0.6 is 0 Å². The van der Waals surface area contributed by atoms with Crippen LogP contribution in [0.3, 0.4) is 0 Å². The predicted octanol–water partition coefficient (Wildman–Crippen LogP) is 6.03. The number of rotatable bonds is 9. The molecule has 0 fully saturated rings. The van der Waals surface area contributed by atoms with Gasteiger partial charge in [0.05, 0.1) is 0 Å². The molecule has 1 aromatic carbocycles. The van der Waals surface area contributed by atoms with Crippen molar-refractivity contribution in [2.24, 2.45) is 0 Å². The molecule has 0 saturated heterocycles. The lowest BCUT2D eigenvalue weighted by atomic mass is 9.93. The second-order valence-electron chi connectivity index (χ2n) is 6.43. The van der Waals surface area contributed by atoms with Crippen molar-refractivity contribution in [1.29, 1.82) is 0 Å². The zero-order chi connectivity index (χ0) is 14.2. The minimum Gasteiger partial charge on any atom is -0.384 e. The average Bonchev–Trinajstić information content (AvgIpc) is 2.84. The SMILES string of the molecule is CCCCCCCCCCC1CNc2ccc(C)cc21. The van der Waals surface area contributed by atoms with Gasteiger partial charge in [0.1, 0.15) is 0 Å². The van der Waals surface area contributed by atoms with Gasteiger partial charge < -0.3 is 5.32 Å². The highest BCUT2D eigenvalue weighted by Gasteiger charge is 2.21. The second kappa shape index (κ2) is 8.34. The molecule has 112 valence electrons. The van der Waals surface area contributed by atoms with Crippen LogP contribution in [0.5, 0.6) is 0 Å². The summed E-state index contributed by atoms with van der Waals surface area (Å²) in [6.45, 7) is 5.64. The lowest BCUT2D eigenvalue weighted by Gasteiger charge is -2.10. The summed E-state index contributed by atoms with van der Waals surface area (Å²) in [7, 11) is 0. The molecule has 0 aromatic heterocycles. The Balaban J connectivity index is 1.61. The van der Waals surface area contributed by atoms with Crippen LogP contribution in [0.25, 0.3) is 0 Å². The molecule has 1 aliphatic heterocycles. The molecular weight excluding hydrogens is 242 g/mol. The van der Waals surface area contributed by atoms with E-state index in [4.69, 9.17) is 0 Å². The molecule has 1 atom stereocenters. The molecule has 1 N–H and O–H groups in total. The minimum absolute atomic E-state index is 0.755. The predicted molar refractivity (Wildman–Crippen MR) is 89.6 cm³/mol. The summed E-state index contributed by atoms with van der Waals surface area (Å²) in [6, 6.07) is 6.84. The van der Waals surface area contributed by atoms with Crippen molar-refractivity contribution >= 4 is 5.69 Å². The Morgan fingerprint density at radius 1 is 1.00 bits per heavy atom. The van der Waals surface area contributed by atoms with Gasteiger partial charge in [-0.15, -0.1) is 0 Å². The highest BCUT2D eigenvalue weighted by Crippen LogP contribution is 2.35. The fraction of sp³-hybridized carbons (Fsp3) is 0.684. The van der Waals surface area contributed by atoms with Gasteiger partial charge in [-0.3, -0.25) is 0 Å². The lowest BCUT2D eigenvalue weighted by Crippen LogP contribution is -2.01. The lowest BCUT2D eigenvalue weighted by molar-refractivity contribution is 0.543. The van der Waals surface area contributed by atoms with Crippen molar-refractivity contribution in [2.75, 3.05) is 11.9 Å². The molecule has 1 heteroatoms. The van der Waals surface area contributed by atoms with Crippen molar-refractivity contribution < 1.29 is 0 Å². The van der Waals surface area contributed by atoms with E-state index in [9.17, 15) is 0 Å². The van der Waals surface area contributed by atoms with E-state index in [-0.39, 0.29) is 0 Å². The van der Waals surface area contributed by atoms with Crippen LogP contribution in [-0.4, -0.2) is 6.54 Å². The maximum Gasteiger partial charge on any atom is 0.0376 e. The first-order valence-electron chi connectivity index (χ1n) is 8.65. The molecule has 1 nitrogen and oxygen atoms in total. The largest absolute Gasteiger partial charge is 0.384 e. The summed E-state index contributed by atoms with van der Waals surface area (Å²) in [5, 5.41) is 3.55. The Morgan fingerprint density at radius 2 is 1.70 bits per heavy atom. The van der Waals surface area contributed by atoms with E-state index in [1.165, 1.54) is 69.0 Å². The molecule has 0 aliphatic carbocycles. The summed E-state index contributed by atoms with van der Waals surface area (Å²) in [5.74, 6) is 0.755. The van der Waals surface area contributed by atoms with Gasteiger partial charge in [0.2, 0.25) is 0 Å². The first kappa shape index (κ1) is 15.4. The first-order valence-corrected chi connectivity index (χ1v) is 8.65. The van der Waals surface area contributed by atoms with Gasteiger partial charge in [0, 0.05) is 18.2 Å². The Morgan fingerprint density at radius 3 is 2.45 bits per heavy atom. The molecule has 0 bridgehead atoms. The van der Waals surface area contributed by atoms with Crippen LogP contribution in [0.15, 0.2) is 18.2 Å². The molecule has 2 rings (SSSR count). The monoisotopic (exact) mass is 273 g/mol. The normalized spacial score (nSPS) is 17.0. The highest BCUT2D eigenvalue weighted by molar-refractivity contribution is 5.58. The topological polar surface area (TPSA) is 12.0 Å². The Kier molecular flexibility index (Phi) is 6.42. The summed E-state index contributed by atoms with van der Waals surface area (Å²) in [6.07, 6.45) is 12.7. The molecule has 1 aliphatic rings. The molecule has 1 heterocycles. The average molecular weight is 273 g/mol. The fourth-order valence-corrected chi connectivity index (χ4v) is 3.31. The van der Waals surface area contributed by atoms with Crippen molar-refractivity contribution in [3.63, 3.8) is 0 Å². The molecule has 0 amide bonds. The van der Waals surface area contributed by atoms with Gasteiger partial charge in [-0.25, -0.2) is 0 Å². The summed E-state index contributed by atoms with van der Waals surface area (Å²) in [4.78, 5) is 0. The number of unbranched alkanes of at least 4 members (excludes halogenated alkanes) is 7. The van der Waals surface area contributed by atoms with Crippen LogP contribution in [0.4, 0.5) is 5.69 Å². The van der Waals surface area contributed by atoms with Gasteiger partial charge in [-0.2, -0.15) is 0 Å². The molecule has 0 radical (unpaired) electrons. The van der Waals surface area contributed by atoms with E-state index < -0.39 is 0 Å². The summed E-state index contributed by atoms with van der Waals surface area (Å²) >= 11 is 0. The Labute approximate surface area is 125 Å². The maximum atomic E-state index is 3.55. The van der Waals surface area contributed by atoms with Crippen LogP contribution in [0, 0.1) is 6.92 Å². The number of anilines is 1. The maximum absolute atomic E-state index is 3.55. The number of fused-ring (bicyclic) bond motifs is 1. The zero-order valence-corrected chi connectivity index (χ0v) is 13.4. The van der Waals surface area contributed by atoms with Crippen molar-refractivity contribution in [2.45, 2.75) is 77.6 Å². The van der Waals surface area contributed by atoms with E-state index in [1.54, 1.807) is 5.56 Å². The van der Waals surface area contributed by atoms with Crippen LogP contribution < -0.4 is 5.32 Å². The summed E-state index contributed by atoms with van der Waals surface area (Å²) in [5.41, 5.74) is 4.33. The van der Waals surface area contributed by atoms with E-state index in [0.29, 0.717) is 0 Å². The smallest absolute Gasteiger partial charge is 0.0376 e. The number of aryl methyl sites for hydroxylation is 1. The quantitative estimate of drug-likeness (QED) is 0.541. The van der Waals surface area contributed by atoms with E-state index in [0.717, 1.165) is 12.5 Å². The van der Waals surface area contributed by atoms with Gasteiger partial charge in [0.25, 0.3) is 0 Å². The van der Waals surface area contributed by atoms with Gasteiger partial charge >= 0.3 is 0 Å². The number of hydrogen-bond acceptors (Lipinski definition) is 1. The van der Waals surface area contributed by atoms with E-state index >= 15 is 0 Å². The van der Waals surface area contributed by atoms with E-state index in [2.05, 4.69) is 37.4 Å². The molecule has 0 saturated carbocycles. The third-order valence-electron chi connectivity index (χ3n) is 4.59. The number of benzene rings is 1. The molecule has 1 aromatic rings. The zero-order valence-electron chi connectivity index (χ0n) is 13.4. The Bertz CT molecular complexity index is 397. The molecule has 1 unspecified atom stereocenters. The number of hydrogen-bond donors (Lipinski definition) is 1. The van der Waals surface area contributed by atoms with Crippen LogP contribution in [-0.2, 0) is 0 Å². The van der Waals surface area contributed by atoms with Gasteiger partial charge in [-0.05, 0) is 25.0 Å². The van der Waals surface area contributed by atoms with Gasteiger partial charge in [0.15, 0.2) is 0 Å². The van der Waals surface area contributed by atoms with Crippen LogP contribution in [0.2, 0.25) is 0 Å². The van der Waals surface area contributed by atoms with E-state index in [1.807, 2.05) is 0 Å². The Hall–Kier alpha value is -0.980. The van der Waals surface area contributed by atoms with Crippen molar-refractivity contribution in [3.8, 4) is 0 Å². The second-order valence-corrected chi connectivity index (χ2v) is 6.43.